The van der Waals surface area contributed by atoms with Gasteiger partial charge in [0, 0.05) is 47.6 Å². The minimum absolute atomic E-state index is 0.0525. The molecule has 2 aromatic heterocycles. The molecular weight excluding hydrogens is 333 g/mol. The summed E-state index contributed by atoms with van der Waals surface area (Å²) in [5.41, 5.74) is 3.05. The molecule has 0 saturated carbocycles. The van der Waals surface area contributed by atoms with E-state index >= 15 is 0 Å². The smallest absolute Gasteiger partial charge is 0.250 e. The Morgan fingerprint density at radius 1 is 1.43 bits per heavy atom. The summed E-state index contributed by atoms with van der Waals surface area (Å²) in [6.45, 7) is 5.19. The van der Waals surface area contributed by atoms with Gasteiger partial charge in [-0.3, -0.25) is 4.90 Å². The fraction of sp³-hybridized carbons (Fsp3) is 0.500. The Bertz CT molecular complexity index is 702. The Morgan fingerprint density at radius 2 is 2.30 bits per heavy atom. The molecule has 2 aliphatic rings. The number of hydrogen-bond acceptors (Lipinski definition) is 6. The van der Waals surface area contributed by atoms with Crippen molar-refractivity contribution >= 4 is 23.1 Å². The third kappa shape index (κ3) is 3.09. The number of aromatic nitrogens is 2. The second-order valence-electron chi connectivity index (χ2n) is 6.23. The van der Waals surface area contributed by atoms with Gasteiger partial charge in [0.1, 0.15) is 6.10 Å². The van der Waals surface area contributed by atoms with Crippen LogP contribution in [-0.4, -0.2) is 44.6 Å². The Hall–Kier alpha value is -1.18. The first-order valence-corrected chi connectivity index (χ1v) is 9.53. The van der Waals surface area contributed by atoms with Crippen LogP contribution in [0.2, 0.25) is 0 Å². The molecule has 4 rings (SSSR count). The number of rotatable bonds is 4. The molecular formula is C16H18FN3OS2. The summed E-state index contributed by atoms with van der Waals surface area (Å²) < 4.78 is 19.7. The molecule has 23 heavy (non-hydrogen) atoms. The van der Waals surface area contributed by atoms with Crippen molar-refractivity contribution in [2.24, 2.45) is 0 Å². The average molecular weight is 351 g/mol. The van der Waals surface area contributed by atoms with Gasteiger partial charge >= 0.3 is 0 Å². The SMILES string of the molecule is Cc1ncsc1CN1CC2(CC(Oc3ncccc3F)CS2)C1. The number of pyridine rings is 1. The van der Waals surface area contributed by atoms with Gasteiger partial charge in [-0.05, 0) is 19.1 Å². The van der Waals surface area contributed by atoms with Gasteiger partial charge in [0.2, 0.25) is 0 Å². The number of ether oxygens (including phenoxy) is 1. The third-order valence-electron chi connectivity index (χ3n) is 4.41. The van der Waals surface area contributed by atoms with E-state index in [4.69, 9.17) is 4.74 Å². The Balaban J connectivity index is 1.31. The van der Waals surface area contributed by atoms with Gasteiger partial charge in [-0.1, -0.05) is 0 Å². The van der Waals surface area contributed by atoms with Crippen molar-refractivity contribution in [1.29, 1.82) is 0 Å². The van der Waals surface area contributed by atoms with Crippen LogP contribution in [0, 0.1) is 12.7 Å². The van der Waals surface area contributed by atoms with E-state index in [1.54, 1.807) is 23.6 Å². The minimum Gasteiger partial charge on any atom is -0.471 e. The molecule has 2 aliphatic heterocycles. The zero-order valence-electron chi connectivity index (χ0n) is 12.9. The van der Waals surface area contributed by atoms with Gasteiger partial charge in [-0.2, -0.15) is 0 Å². The highest BCUT2D eigenvalue weighted by Crippen LogP contribution is 2.46. The van der Waals surface area contributed by atoms with Gasteiger partial charge in [0.05, 0.1) is 11.2 Å². The lowest BCUT2D eigenvalue weighted by molar-refractivity contribution is 0.0902. The number of hydrogen-bond donors (Lipinski definition) is 0. The van der Waals surface area contributed by atoms with Crippen LogP contribution < -0.4 is 4.74 Å². The van der Waals surface area contributed by atoms with E-state index in [1.807, 2.05) is 17.3 Å². The molecule has 122 valence electrons. The summed E-state index contributed by atoms with van der Waals surface area (Å²) >= 11 is 3.68. The van der Waals surface area contributed by atoms with Crippen molar-refractivity contribution < 1.29 is 9.13 Å². The molecule has 1 atom stereocenters. The standard InChI is InChI=1S/C16H18FN3OS2/c1-11-14(22-10-19-11)6-20-8-16(9-20)5-12(7-23-16)21-15-13(17)3-2-4-18-15/h2-4,10,12H,5-9H2,1H3. The molecule has 2 saturated heterocycles. The van der Waals surface area contributed by atoms with Crippen molar-refractivity contribution in [3.63, 3.8) is 0 Å². The summed E-state index contributed by atoms with van der Waals surface area (Å²) in [4.78, 5) is 12.1. The molecule has 0 N–H and O–H groups in total. The van der Waals surface area contributed by atoms with Crippen molar-refractivity contribution in [2.75, 3.05) is 18.8 Å². The lowest BCUT2D eigenvalue weighted by atomic mass is 9.93. The molecule has 0 bridgehead atoms. The predicted molar refractivity (Wildman–Crippen MR) is 90.5 cm³/mol. The van der Waals surface area contributed by atoms with Gasteiger partial charge < -0.3 is 4.74 Å². The van der Waals surface area contributed by atoms with Crippen LogP contribution in [0.3, 0.4) is 0 Å². The van der Waals surface area contributed by atoms with E-state index in [-0.39, 0.29) is 22.5 Å². The van der Waals surface area contributed by atoms with Crippen LogP contribution in [0.15, 0.2) is 23.8 Å². The zero-order chi connectivity index (χ0) is 15.9. The Labute approximate surface area is 143 Å². The number of nitrogens with zero attached hydrogens (tertiary/aromatic N) is 3. The maximum absolute atomic E-state index is 13.6. The molecule has 0 radical (unpaired) electrons. The molecule has 0 amide bonds. The third-order valence-corrected chi connectivity index (χ3v) is 6.91. The summed E-state index contributed by atoms with van der Waals surface area (Å²) in [7, 11) is 0. The monoisotopic (exact) mass is 351 g/mol. The van der Waals surface area contributed by atoms with Crippen LogP contribution in [0.25, 0.3) is 0 Å². The topological polar surface area (TPSA) is 38.2 Å². The van der Waals surface area contributed by atoms with Crippen molar-refractivity contribution in [1.82, 2.24) is 14.9 Å². The van der Waals surface area contributed by atoms with E-state index in [2.05, 4.69) is 21.8 Å². The van der Waals surface area contributed by atoms with Crippen molar-refractivity contribution in [2.45, 2.75) is 30.7 Å². The quantitative estimate of drug-likeness (QED) is 0.846. The maximum atomic E-state index is 13.6. The molecule has 0 aromatic carbocycles. The number of likely N-dealkylation sites (tertiary alicyclic amines) is 1. The van der Waals surface area contributed by atoms with Gasteiger partial charge in [0.15, 0.2) is 5.82 Å². The van der Waals surface area contributed by atoms with E-state index in [0.29, 0.717) is 0 Å². The zero-order valence-corrected chi connectivity index (χ0v) is 14.5. The van der Waals surface area contributed by atoms with Crippen LogP contribution in [0.1, 0.15) is 17.0 Å². The maximum Gasteiger partial charge on any atom is 0.250 e. The van der Waals surface area contributed by atoms with Crippen LogP contribution >= 0.6 is 23.1 Å². The van der Waals surface area contributed by atoms with Gasteiger partial charge in [-0.15, -0.1) is 23.1 Å². The fourth-order valence-corrected chi connectivity index (χ4v) is 5.67. The molecule has 4 heterocycles. The average Bonchev–Trinajstić information content (AvgIpc) is 3.09. The van der Waals surface area contributed by atoms with E-state index in [0.717, 1.165) is 37.5 Å². The highest BCUT2D eigenvalue weighted by Gasteiger charge is 2.49. The minimum atomic E-state index is -0.380. The summed E-state index contributed by atoms with van der Waals surface area (Å²) in [6.07, 6.45) is 2.58. The number of thiazole rings is 1. The van der Waals surface area contributed by atoms with Gasteiger partial charge in [0.25, 0.3) is 5.88 Å². The largest absolute Gasteiger partial charge is 0.471 e. The summed E-state index contributed by atoms with van der Waals surface area (Å²) in [5, 5.41) is 0. The van der Waals surface area contributed by atoms with Crippen molar-refractivity contribution in [3.8, 4) is 5.88 Å². The Morgan fingerprint density at radius 3 is 3.04 bits per heavy atom. The molecule has 1 spiro atoms. The summed E-state index contributed by atoms with van der Waals surface area (Å²) in [5.74, 6) is 0.657. The molecule has 0 aliphatic carbocycles. The van der Waals surface area contributed by atoms with E-state index in [9.17, 15) is 4.39 Å². The predicted octanol–water partition coefficient (Wildman–Crippen LogP) is 3.12. The Kier molecular flexibility index (Phi) is 4.03. The second-order valence-corrected chi connectivity index (χ2v) is 8.66. The van der Waals surface area contributed by atoms with E-state index < -0.39 is 0 Å². The lowest BCUT2D eigenvalue weighted by Gasteiger charge is -2.47. The van der Waals surface area contributed by atoms with E-state index in [1.165, 1.54) is 10.9 Å². The summed E-state index contributed by atoms with van der Waals surface area (Å²) in [6, 6.07) is 2.97. The molecule has 2 aromatic rings. The highest BCUT2D eigenvalue weighted by atomic mass is 32.2. The lowest BCUT2D eigenvalue weighted by Crippen LogP contribution is -2.58. The number of thioether (sulfide) groups is 1. The van der Waals surface area contributed by atoms with Crippen LogP contribution in [0.4, 0.5) is 4.39 Å². The molecule has 1 unspecified atom stereocenters. The molecule has 7 heteroatoms. The fourth-order valence-electron chi connectivity index (χ4n) is 3.28. The number of aryl methyl sites for hydroxylation is 1. The second kappa shape index (κ2) is 6.03. The number of halogens is 1. The first kappa shape index (κ1) is 15.4. The normalized spacial score (nSPS) is 23.1. The molecule has 4 nitrogen and oxygen atoms in total. The molecule has 2 fully saturated rings. The van der Waals surface area contributed by atoms with Crippen molar-refractivity contribution in [3.05, 3.63) is 40.2 Å². The first-order chi connectivity index (χ1) is 11.1. The van der Waals surface area contributed by atoms with Crippen LogP contribution in [0.5, 0.6) is 5.88 Å². The highest BCUT2D eigenvalue weighted by molar-refractivity contribution is 8.01. The first-order valence-electron chi connectivity index (χ1n) is 7.66. The van der Waals surface area contributed by atoms with Crippen LogP contribution in [-0.2, 0) is 6.54 Å². The van der Waals surface area contributed by atoms with Gasteiger partial charge in [-0.25, -0.2) is 14.4 Å².